The van der Waals surface area contributed by atoms with Crippen molar-refractivity contribution in [2.24, 2.45) is 45.3 Å². The van der Waals surface area contributed by atoms with Gasteiger partial charge in [0.25, 0.3) is 0 Å². The second kappa shape index (κ2) is 14.9. The summed E-state index contributed by atoms with van der Waals surface area (Å²) in [4.78, 5) is 0. The number of hydrogen-bond acceptors (Lipinski definition) is 13. The highest BCUT2D eigenvalue weighted by atomic mass is 16.7. The third-order valence-corrected chi connectivity index (χ3v) is 16.5. The first-order valence-electron chi connectivity index (χ1n) is 20.7. The minimum absolute atomic E-state index is 0.0124. The first-order chi connectivity index (χ1) is 25.8. The molecule has 0 aromatic heterocycles. The molecule has 7 rings (SSSR count). The zero-order chi connectivity index (χ0) is 40.0. The topological polar surface area (TPSA) is 208 Å². The zero-order valence-electron chi connectivity index (χ0n) is 33.7. The molecule has 3 saturated carbocycles. The predicted octanol–water partition coefficient (Wildman–Crippen LogP) is 1.94. The van der Waals surface area contributed by atoms with Gasteiger partial charge in [0.05, 0.1) is 37.6 Å². The fourth-order valence-corrected chi connectivity index (χ4v) is 13.2. The third kappa shape index (κ3) is 6.28. The van der Waals surface area contributed by atoms with Crippen LogP contribution in [0.3, 0.4) is 0 Å². The van der Waals surface area contributed by atoms with E-state index < -0.39 is 91.7 Å². The average Bonchev–Trinajstić information content (AvgIpc) is 3.53. The molecule has 4 aliphatic carbocycles. The van der Waals surface area contributed by atoms with Gasteiger partial charge in [-0.3, -0.25) is 0 Å². The summed E-state index contributed by atoms with van der Waals surface area (Å²) in [6.07, 6.45) is -0.710. The van der Waals surface area contributed by atoms with Crippen LogP contribution in [0.5, 0.6) is 0 Å². The van der Waals surface area contributed by atoms with Crippen LogP contribution in [-0.2, 0) is 23.7 Å². The summed E-state index contributed by atoms with van der Waals surface area (Å²) >= 11 is 0. The van der Waals surface area contributed by atoms with Crippen LogP contribution in [-0.4, -0.2) is 140 Å². The first kappa shape index (κ1) is 42.1. The van der Waals surface area contributed by atoms with E-state index in [0.29, 0.717) is 31.3 Å². The number of hydrogen-bond donors (Lipinski definition) is 8. The van der Waals surface area contributed by atoms with Gasteiger partial charge in [-0.2, -0.15) is 0 Å². The molecule has 20 atom stereocenters. The molecule has 0 amide bonds. The van der Waals surface area contributed by atoms with Crippen LogP contribution < -0.4 is 0 Å². The molecule has 7 aliphatic rings. The van der Waals surface area contributed by atoms with Crippen LogP contribution in [0.15, 0.2) is 23.8 Å². The molecule has 3 aliphatic heterocycles. The second-order valence-corrected chi connectivity index (χ2v) is 19.6. The fraction of sp³-hybridized carbons (Fsp3) is 0.905. The van der Waals surface area contributed by atoms with E-state index in [0.717, 1.165) is 37.7 Å². The van der Waals surface area contributed by atoms with E-state index in [-0.39, 0.29) is 34.2 Å². The molecule has 3 heterocycles. The summed E-state index contributed by atoms with van der Waals surface area (Å²) in [7, 11) is 0. The lowest BCUT2D eigenvalue weighted by molar-refractivity contribution is -0.329. The summed E-state index contributed by atoms with van der Waals surface area (Å²) in [5.41, 5.74) is -0.0454. The van der Waals surface area contributed by atoms with Crippen molar-refractivity contribution >= 4 is 0 Å². The van der Waals surface area contributed by atoms with Crippen LogP contribution in [0.4, 0.5) is 0 Å². The molecule has 3 saturated heterocycles. The number of aliphatic hydroxyl groups is 8. The maximum atomic E-state index is 10.8. The van der Waals surface area contributed by atoms with Crippen molar-refractivity contribution in [2.45, 2.75) is 173 Å². The van der Waals surface area contributed by atoms with Crippen molar-refractivity contribution in [3.63, 3.8) is 0 Å². The highest BCUT2D eigenvalue weighted by Gasteiger charge is 2.75. The van der Waals surface area contributed by atoms with E-state index >= 15 is 0 Å². The second-order valence-electron chi connectivity index (χ2n) is 19.6. The molecule has 20 unspecified atom stereocenters. The van der Waals surface area contributed by atoms with Gasteiger partial charge in [-0.1, -0.05) is 58.4 Å². The molecule has 13 heteroatoms. The third-order valence-electron chi connectivity index (χ3n) is 16.5. The van der Waals surface area contributed by atoms with Crippen LogP contribution >= 0.6 is 0 Å². The maximum Gasteiger partial charge on any atom is 0.187 e. The molecular weight excluding hydrogens is 712 g/mol. The summed E-state index contributed by atoms with van der Waals surface area (Å²) < 4.78 is 31.4. The Kier molecular flexibility index (Phi) is 11.4. The van der Waals surface area contributed by atoms with Gasteiger partial charge < -0.3 is 64.5 Å². The molecule has 0 radical (unpaired) electrons. The molecule has 0 aromatic carbocycles. The highest BCUT2D eigenvalue weighted by molar-refractivity contribution is 5.33. The Labute approximate surface area is 325 Å². The van der Waals surface area contributed by atoms with E-state index in [4.69, 9.17) is 23.7 Å². The number of rotatable bonds is 10. The Morgan fingerprint density at radius 2 is 1.40 bits per heavy atom. The largest absolute Gasteiger partial charge is 0.394 e. The van der Waals surface area contributed by atoms with E-state index in [2.05, 4.69) is 46.8 Å². The standard InChI is InChI=1S/C42H68O13/c1-21(2)16-23(52-36-34(49)32(47)30(45)25(18-43)53-36)17-22(3)24-10-12-40(7)27-11-13-42-28(41(27,20-51-42)15-14-39(24,40)6)8-9-29(38(42,4)5)55-37-35(50)33(48)31(46)26(19-44)54-37/h11,13,16,22-37,43-50H,8-10,12,14-15,17-20H2,1-7H3. The Hall–Kier alpha value is -1.04. The van der Waals surface area contributed by atoms with Gasteiger partial charge in [0.15, 0.2) is 12.6 Å². The molecule has 6 fully saturated rings. The number of allylic oxidation sites excluding steroid dienone is 2. The summed E-state index contributed by atoms with van der Waals surface area (Å²) in [5.74, 6) is 1.25. The quantitative estimate of drug-likeness (QED) is 0.150. The van der Waals surface area contributed by atoms with Gasteiger partial charge in [-0.25, -0.2) is 0 Å². The molecule has 8 N–H and O–H groups in total. The molecular formula is C42H68O13. The number of ether oxygens (including phenoxy) is 5. The Bertz CT molecular complexity index is 1450. The van der Waals surface area contributed by atoms with Gasteiger partial charge in [-0.05, 0) is 87.4 Å². The minimum atomic E-state index is -1.50. The van der Waals surface area contributed by atoms with Crippen molar-refractivity contribution in [3.05, 3.63) is 23.8 Å². The maximum absolute atomic E-state index is 10.8. The SMILES string of the molecule is CC(C)=CC(CC(C)C1CCC2(C)C3C=CC45OCC3(CCC12C)C4CCC(OC1OC(CO)C(O)C(O)C1O)C5(C)C)OC1OC(CO)C(O)C(O)C1O. The highest BCUT2D eigenvalue weighted by Crippen LogP contribution is 2.77. The average molecular weight is 781 g/mol. The van der Waals surface area contributed by atoms with Crippen molar-refractivity contribution in [2.75, 3.05) is 19.8 Å². The molecule has 0 aromatic rings. The van der Waals surface area contributed by atoms with Crippen LogP contribution in [0.1, 0.15) is 93.4 Å². The van der Waals surface area contributed by atoms with Gasteiger partial charge >= 0.3 is 0 Å². The Balaban J connectivity index is 1.09. The fourth-order valence-electron chi connectivity index (χ4n) is 13.2. The summed E-state index contributed by atoms with van der Waals surface area (Å²) in [6, 6.07) is 0. The molecule has 2 bridgehead atoms. The summed E-state index contributed by atoms with van der Waals surface area (Å²) in [6.45, 7) is 15.2. The van der Waals surface area contributed by atoms with E-state index in [1.54, 1.807) is 0 Å². The molecule has 314 valence electrons. The van der Waals surface area contributed by atoms with Crippen LogP contribution in [0.2, 0.25) is 0 Å². The van der Waals surface area contributed by atoms with Gasteiger partial charge in [0.1, 0.15) is 48.8 Å². The molecule has 1 spiro atoms. The van der Waals surface area contributed by atoms with Crippen molar-refractivity contribution < 1.29 is 64.5 Å². The Morgan fingerprint density at radius 1 is 0.782 bits per heavy atom. The van der Waals surface area contributed by atoms with E-state index in [1.165, 1.54) is 0 Å². The lowest BCUT2D eigenvalue weighted by Gasteiger charge is -2.65. The zero-order valence-corrected chi connectivity index (χ0v) is 33.7. The van der Waals surface area contributed by atoms with E-state index in [1.807, 2.05) is 19.9 Å². The normalized spacial score (nSPS) is 52.5. The summed E-state index contributed by atoms with van der Waals surface area (Å²) in [5, 5.41) is 82.6. The minimum Gasteiger partial charge on any atom is -0.394 e. The van der Waals surface area contributed by atoms with Gasteiger partial charge in [0, 0.05) is 16.7 Å². The van der Waals surface area contributed by atoms with Gasteiger partial charge in [-0.15, -0.1) is 0 Å². The van der Waals surface area contributed by atoms with Crippen molar-refractivity contribution in [1.29, 1.82) is 0 Å². The lowest BCUT2D eigenvalue weighted by Crippen LogP contribution is -2.66. The van der Waals surface area contributed by atoms with Crippen LogP contribution in [0, 0.1) is 45.3 Å². The Morgan fingerprint density at radius 3 is 2.02 bits per heavy atom. The monoisotopic (exact) mass is 780 g/mol. The van der Waals surface area contributed by atoms with Crippen molar-refractivity contribution in [3.8, 4) is 0 Å². The first-order valence-corrected chi connectivity index (χ1v) is 20.7. The predicted molar refractivity (Wildman–Crippen MR) is 199 cm³/mol. The molecule has 13 nitrogen and oxygen atoms in total. The van der Waals surface area contributed by atoms with Crippen LogP contribution in [0.25, 0.3) is 0 Å². The number of aliphatic hydroxyl groups excluding tert-OH is 8. The van der Waals surface area contributed by atoms with Gasteiger partial charge in [0.2, 0.25) is 0 Å². The lowest BCUT2D eigenvalue weighted by atomic mass is 9.38. The number of fused-ring (bicyclic) bond motifs is 2. The molecule has 55 heavy (non-hydrogen) atoms. The van der Waals surface area contributed by atoms with Crippen molar-refractivity contribution in [1.82, 2.24) is 0 Å². The van der Waals surface area contributed by atoms with E-state index in [9.17, 15) is 40.9 Å². The smallest absolute Gasteiger partial charge is 0.187 e.